The Hall–Kier alpha value is -1.02. The lowest BCUT2D eigenvalue weighted by atomic mass is 9.76. The van der Waals surface area contributed by atoms with Crippen LogP contribution in [0.2, 0.25) is 0 Å². The molecule has 0 aromatic carbocycles. The smallest absolute Gasteiger partial charge is 0.309 e. The van der Waals surface area contributed by atoms with Crippen LogP contribution in [-0.2, 0) is 14.3 Å². The molecule has 3 aliphatic rings. The zero-order valence-electron chi connectivity index (χ0n) is 13.9. The highest BCUT2D eigenvalue weighted by molar-refractivity contribution is 5.89. The van der Waals surface area contributed by atoms with Gasteiger partial charge in [-0.05, 0) is 32.2 Å². The molecular formula is C16H27N3O4. The second-order valence-electron chi connectivity index (χ2n) is 7.29. The van der Waals surface area contributed by atoms with Gasteiger partial charge in [-0.1, -0.05) is 13.8 Å². The minimum absolute atomic E-state index is 0.102. The lowest BCUT2D eigenvalue weighted by molar-refractivity contribution is -0.177. The molecule has 7 heteroatoms. The molecule has 3 rings (SSSR count). The molecule has 0 spiro atoms. The number of nitrogens with one attached hydrogen (secondary N) is 3. The lowest BCUT2D eigenvalue weighted by Crippen LogP contribution is -2.70. The van der Waals surface area contributed by atoms with E-state index in [2.05, 4.69) is 29.8 Å². The molecule has 4 N–H and O–H groups in total. The molecule has 23 heavy (non-hydrogen) atoms. The molecule has 7 nitrogen and oxygen atoms in total. The molecule has 0 radical (unpaired) electrons. The predicted molar refractivity (Wildman–Crippen MR) is 83.7 cm³/mol. The lowest BCUT2D eigenvalue weighted by Gasteiger charge is -2.50. The highest BCUT2D eigenvalue weighted by Crippen LogP contribution is 2.35. The van der Waals surface area contributed by atoms with Crippen molar-refractivity contribution in [3.8, 4) is 0 Å². The van der Waals surface area contributed by atoms with E-state index in [1.165, 1.54) is 0 Å². The molecule has 0 bridgehead atoms. The van der Waals surface area contributed by atoms with Crippen LogP contribution < -0.4 is 16.0 Å². The molecule has 0 saturated carbocycles. The summed E-state index contributed by atoms with van der Waals surface area (Å²) in [6.07, 6.45) is 1.28. The minimum atomic E-state index is -0.887. The summed E-state index contributed by atoms with van der Waals surface area (Å²) in [5.41, 5.74) is 0. The van der Waals surface area contributed by atoms with Gasteiger partial charge in [0, 0.05) is 6.04 Å². The van der Waals surface area contributed by atoms with Crippen LogP contribution in [-0.4, -0.2) is 54.5 Å². The van der Waals surface area contributed by atoms with Crippen molar-refractivity contribution in [3.63, 3.8) is 0 Å². The Morgan fingerprint density at radius 3 is 2.70 bits per heavy atom. The normalized spacial score (nSPS) is 43.8. The van der Waals surface area contributed by atoms with Crippen molar-refractivity contribution in [3.05, 3.63) is 0 Å². The SMILES string of the molecule is CNC1NC2OC3CCC(C(C)C)NC3C(=O)C2CC1C(=O)O. The highest BCUT2D eigenvalue weighted by atomic mass is 16.5. The Bertz CT molecular complexity index is 484. The summed E-state index contributed by atoms with van der Waals surface area (Å²) < 4.78 is 6.13. The van der Waals surface area contributed by atoms with E-state index in [0.717, 1.165) is 12.8 Å². The van der Waals surface area contributed by atoms with Crippen molar-refractivity contribution in [1.82, 2.24) is 16.0 Å². The first kappa shape index (κ1) is 16.8. The van der Waals surface area contributed by atoms with Crippen molar-refractivity contribution < 1.29 is 19.4 Å². The quantitative estimate of drug-likeness (QED) is 0.575. The van der Waals surface area contributed by atoms with Crippen LogP contribution in [0.5, 0.6) is 0 Å². The third-order valence-electron chi connectivity index (χ3n) is 5.57. The topological polar surface area (TPSA) is 99.7 Å². The highest BCUT2D eigenvalue weighted by Gasteiger charge is 2.52. The van der Waals surface area contributed by atoms with Gasteiger partial charge in [-0.15, -0.1) is 0 Å². The Morgan fingerprint density at radius 1 is 1.35 bits per heavy atom. The standard InChI is InChI=1S/C16H27N3O4/c1-7(2)10-4-5-11-12(18-10)13(20)8-6-9(16(21)22)14(17-3)19-15(8)23-11/h7-12,14-15,17-19H,4-6H2,1-3H3,(H,21,22). The third-order valence-corrected chi connectivity index (χ3v) is 5.57. The Balaban J connectivity index is 1.77. The average molecular weight is 325 g/mol. The zero-order chi connectivity index (χ0) is 16.7. The number of rotatable bonds is 3. The van der Waals surface area contributed by atoms with Crippen molar-refractivity contribution in [1.29, 1.82) is 0 Å². The van der Waals surface area contributed by atoms with Crippen molar-refractivity contribution in [2.45, 2.75) is 63.7 Å². The fourth-order valence-electron chi connectivity index (χ4n) is 4.16. The van der Waals surface area contributed by atoms with E-state index in [0.29, 0.717) is 18.4 Å². The van der Waals surface area contributed by atoms with E-state index in [4.69, 9.17) is 4.74 Å². The summed E-state index contributed by atoms with van der Waals surface area (Å²) in [5.74, 6) is -1.35. The second kappa shape index (κ2) is 6.47. The predicted octanol–water partition coefficient (Wildman–Crippen LogP) is -0.0872. The summed E-state index contributed by atoms with van der Waals surface area (Å²) in [5, 5.41) is 19.0. The Kier molecular flexibility index (Phi) is 4.73. The molecule has 0 aliphatic carbocycles. The fraction of sp³-hybridized carbons (Fsp3) is 0.875. The summed E-state index contributed by atoms with van der Waals surface area (Å²) >= 11 is 0. The number of carbonyl (C=O) groups is 2. The van der Waals surface area contributed by atoms with E-state index in [1.54, 1.807) is 7.05 Å². The van der Waals surface area contributed by atoms with Crippen LogP contribution in [0.3, 0.4) is 0 Å². The first-order valence-corrected chi connectivity index (χ1v) is 8.53. The summed E-state index contributed by atoms with van der Waals surface area (Å²) in [7, 11) is 1.72. The van der Waals surface area contributed by atoms with Gasteiger partial charge in [0.2, 0.25) is 0 Å². The fourth-order valence-corrected chi connectivity index (χ4v) is 4.16. The van der Waals surface area contributed by atoms with Gasteiger partial charge in [0.05, 0.1) is 30.1 Å². The van der Waals surface area contributed by atoms with Crippen LogP contribution in [0.1, 0.15) is 33.1 Å². The van der Waals surface area contributed by atoms with Crippen LogP contribution in [0, 0.1) is 17.8 Å². The molecule has 3 saturated heterocycles. The van der Waals surface area contributed by atoms with Crippen LogP contribution in [0.15, 0.2) is 0 Å². The largest absolute Gasteiger partial charge is 0.481 e. The molecule has 7 unspecified atom stereocenters. The van der Waals surface area contributed by atoms with E-state index in [-0.39, 0.29) is 24.1 Å². The molecule has 3 heterocycles. The van der Waals surface area contributed by atoms with Crippen molar-refractivity contribution >= 4 is 11.8 Å². The number of ether oxygens (including phenoxy) is 1. The summed E-state index contributed by atoms with van der Waals surface area (Å²) in [6, 6.07) is 0.0111. The number of fused-ring (bicyclic) bond motifs is 2. The second-order valence-corrected chi connectivity index (χ2v) is 7.29. The first-order chi connectivity index (χ1) is 10.9. The first-order valence-electron chi connectivity index (χ1n) is 8.53. The molecule has 3 fully saturated rings. The monoisotopic (exact) mass is 325 g/mol. The molecule has 0 aromatic heterocycles. The zero-order valence-corrected chi connectivity index (χ0v) is 13.9. The molecule has 3 aliphatic heterocycles. The van der Waals surface area contributed by atoms with Crippen LogP contribution in [0.4, 0.5) is 0 Å². The molecular weight excluding hydrogens is 298 g/mol. The van der Waals surface area contributed by atoms with Gasteiger partial charge >= 0.3 is 5.97 Å². The van der Waals surface area contributed by atoms with E-state index in [9.17, 15) is 14.7 Å². The minimum Gasteiger partial charge on any atom is -0.481 e. The maximum Gasteiger partial charge on any atom is 0.309 e. The number of carbonyl (C=O) groups excluding carboxylic acids is 1. The van der Waals surface area contributed by atoms with Gasteiger partial charge in [0.25, 0.3) is 0 Å². The maximum absolute atomic E-state index is 12.9. The number of ketones is 1. The van der Waals surface area contributed by atoms with Gasteiger partial charge in [0.15, 0.2) is 5.78 Å². The van der Waals surface area contributed by atoms with Crippen molar-refractivity contribution in [2.75, 3.05) is 7.05 Å². The van der Waals surface area contributed by atoms with Gasteiger partial charge in [-0.2, -0.15) is 0 Å². The van der Waals surface area contributed by atoms with Crippen LogP contribution in [0.25, 0.3) is 0 Å². The maximum atomic E-state index is 12.9. The van der Waals surface area contributed by atoms with Gasteiger partial charge < -0.3 is 20.5 Å². The van der Waals surface area contributed by atoms with Gasteiger partial charge in [-0.25, -0.2) is 0 Å². The number of aliphatic carboxylic acids is 1. The molecule has 7 atom stereocenters. The van der Waals surface area contributed by atoms with Crippen molar-refractivity contribution in [2.24, 2.45) is 17.8 Å². The average Bonchev–Trinajstić information content (AvgIpc) is 2.53. The number of carboxylic acid groups (broad SMARTS) is 1. The molecule has 0 amide bonds. The van der Waals surface area contributed by atoms with E-state index < -0.39 is 24.0 Å². The number of Topliss-reactive ketones (excluding diaryl/α,β-unsaturated/α-hetero) is 1. The number of carboxylic acids is 1. The van der Waals surface area contributed by atoms with Crippen LogP contribution >= 0.6 is 0 Å². The molecule has 0 aromatic rings. The van der Waals surface area contributed by atoms with Gasteiger partial charge in [-0.3, -0.25) is 14.9 Å². The molecule has 130 valence electrons. The number of hydrogen-bond donors (Lipinski definition) is 4. The van der Waals surface area contributed by atoms with Gasteiger partial charge in [0.1, 0.15) is 6.23 Å². The Labute approximate surface area is 136 Å². The number of piperidine rings is 2. The number of hydrogen-bond acceptors (Lipinski definition) is 6. The third kappa shape index (κ3) is 3.03. The Morgan fingerprint density at radius 2 is 2.09 bits per heavy atom. The van der Waals surface area contributed by atoms with E-state index >= 15 is 0 Å². The summed E-state index contributed by atoms with van der Waals surface area (Å²) in [6.45, 7) is 4.30. The van der Waals surface area contributed by atoms with E-state index in [1.807, 2.05) is 0 Å². The summed E-state index contributed by atoms with van der Waals surface area (Å²) in [4.78, 5) is 24.4.